The number of nitrogen functional groups attached to an aromatic ring is 1. The lowest BCUT2D eigenvalue weighted by Crippen LogP contribution is -2.13. The lowest BCUT2D eigenvalue weighted by molar-refractivity contribution is 0.102. The van der Waals surface area contributed by atoms with Crippen molar-refractivity contribution in [1.82, 2.24) is 14.8 Å². The number of carbonyl (C=O) groups is 1. The predicted molar refractivity (Wildman–Crippen MR) is 83.3 cm³/mol. The highest BCUT2D eigenvalue weighted by Gasteiger charge is 2.15. The zero-order chi connectivity index (χ0) is 15.1. The van der Waals surface area contributed by atoms with Gasteiger partial charge in [-0.25, -0.2) is 0 Å². The third kappa shape index (κ3) is 2.24. The van der Waals surface area contributed by atoms with Gasteiger partial charge >= 0.3 is 0 Å². The number of nitrogens with one attached hydrogen (secondary N) is 2. The monoisotopic (exact) mass is 283 g/mol. The fourth-order valence-corrected chi connectivity index (χ4v) is 2.41. The summed E-state index contributed by atoms with van der Waals surface area (Å²) >= 11 is 0. The van der Waals surface area contributed by atoms with Crippen LogP contribution in [0.3, 0.4) is 0 Å². The Morgan fingerprint density at radius 2 is 2.10 bits per heavy atom. The minimum Gasteiger partial charge on any atom is -0.399 e. The van der Waals surface area contributed by atoms with Crippen molar-refractivity contribution in [3.8, 4) is 0 Å². The molecule has 0 aliphatic heterocycles. The largest absolute Gasteiger partial charge is 0.399 e. The highest BCUT2D eigenvalue weighted by Crippen LogP contribution is 2.22. The molecule has 2 aromatic heterocycles. The highest BCUT2D eigenvalue weighted by atomic mass is 16.1. The van der Waals surface area contributed by atoms with Crippen LogP contribution >= 0.6 is 0 Å². The maximum absolute atomic E-state index is 12.4. The molecule has 0 saturated carbocycles. The number of carbonyl (C=O) groups excluding carboxylic acids is 1. The second-order valence-corrected chi connectivity index (χ2v) is 5.15. The van der Waals surface area contributed by atoms with Crippen LogP contribution in [0.2, 0.25) is 0 Å². The number of aryl methyl sites for hydroxylation is 2. The summed E-state index contributed by atoms with van der Waals surface area (Å²) in [6.07, 6.45) is 0. The van der Waals surface area contributed by atoms with E-state index in [1.807, 2.05) is 33.0 Å². The summed E-state index contributed by atoms with van der Waals surface area (Å²) < 4.78 is 1.75. The third-order valence-corrected chi connectivity index (χ3v) is 3.64. The normalized spacial score (nSPS) is 11.0. The molecule has 6 nitrogen and oxygen atoms in total. The number of H-pyrrole nitrogens is 1. The molecule has 108 valence electrons. The van der Waals surface area contributed by atoms with E-state index in [0.717, 1.165) is 28.0 Å². The van der Waals surface area contributed by atoms with Crippen molar-refractivity contribution in [2.45, 2.75) is 13.8 Å². The number of hydrogen-bond donors (Lipinski definition) is 3. The highest BCUT2D eigenvalue weighted by molar-refractivity contribution is 6.06. The first-order valence-corrected chi connectivity index (χ1v) is 6.65. The SMILES string of the molecule is Cc1nn(C)c(C)c1NC(=O)c1cc2cc(N)ccc2[nH]1. The van der Waals surface area contributed by atoms with Crippen molar-refractivity contribution >= 4 is 28.2 Å². The molecule has 0 bridgehead atoms. The van der Waals surface area contributed by atoms with E-state index in [-0.39, 0.29) is 5.91 Å². The molecule has 21 heavy (non-hydrogen) atoms. The smallest absolute Gasteiger partial charge is 0.272 e. The molecule has 0 aliphatic carbocycles. The minimum absolute atomic E-state index is 0.191. The van der Waals surface area contributed by atoms with Gasteiger partial charge in [0.05, 0.1) is 17.1 Å². The van der Waals surface area contributed by atoms with Gasteiger partial charge in [-0.05, 0) is 38.1 Å². The first-order chi connectivity index (χ1) is 9.95. The van der Waals surface area contributed by atoms with Gasteiger partial charge in [-0.3, -0.25) is 9.48 Å². The summed E-state index contributed by atoms with van der Waals surface area (Å²) in [5.41, 5.74) is 10.3. The van der Waals surface area contributed by atoms with Crippen LogP contribution in [0, 0.1) is 13.8 Å². The number of rotatable bonds is 2. The molecule has 0 atom stereocenters. The molecule has 0 saturated heterocycles. The standard InChI is InChI=1S/C15H17N5O/c1-8-14(9(2)20(3)19-8)18-15(21)13-7-10-6-11(16)4-5-12(10)17-13/h4-7,17H,16H2,1-3H3,(H,18,21). The maximum Gasteiger partial charge on any atom is 0.272 e. The zero-order valence-corrected chi connectivity index (χ0v) is 12.2. The molecule has 0 fully saturated rings. The van der Waals surface area contributed by atoms with Gasteiger partial charge in [0.25, 0.3) is 5.91 Å². The number of nitrogens with two attached hydrogens (primary N) is 1. The number of aromatic amines is 1. The average molecular weight is 283 g/mol. The van der Waals surface area contributed by atoms with Crippen molar-refractivity contribution in [2.24, 2.45) is 7.05 Å². The summed E-state index contributed by atoms with van der Waals surface area (Å²) in [6, 6.07) is 7.29. The van der Waals surface area contributed by atoms with Gasteiger partial charge in [0.1, 0.15) is 5.69 Å². The Labute approximate surface area is 121 Å². The van der Waals surface area contributed by atoms with Crippen LogP contribution in [-0.2, 0) is 7.05 Å². The van der Waals surface area contributed by atoms with Gasteiger partial charge in [-0.1, -0.05) is 0 Å². The van der Waals surface area contributed by atoms with E-state index in [4.69, 9.17) is 5.73 Å². The fourth-order valence-electron chi connectivity index (χ4n) is 2.41. The number of fused-ring (bicyclic) bond motifs is 1. The summed E-state index contributed by atoms with van der Waals surface area (Å²) in [5.74, 6) is -0.191. The summed E-state index contributed by atoms with van der Waals surface area (Å²) in [7, 11) is 1.85. The molecule has 4 N–H and O–H groups in total. The second kappa shape index (κ2) is 4.66. The number of benzene rings is 1. The number of aromatic nitrogens is 3. The van der Waals surface area contributed by atoms with E-state index in [9.17, 15) is 4.79 Å². The summed E-state index contributed by atoms with van der Waals surface area (Å²) in [4.78, 5) is 15.5. The molecule has 1 amide bonds. The van der Waals surface area contributed by atoms with Crippen LogP contribution in [0.1, 0.15) is 21.9 Å². The van der Waals surface area contributed by atoms with Crippen molar-refractivity contribution < 1.29 is 4.79 Å². The Balaban J connectivity index is 1.93. The molecule has 3 rings (SSSR count). The molecule has 6 heteroatoms. The Kier molecular flexibility index (Phi) is 2.94. The van der Waals surface area contributed by atoms with Crippen LogP contribution in [0.4, 0.5) is 11.4 Å². The van der Waals surface area contributed by atoms with Gasteiger partial charge in [0, 0.05) is 23.6 Å². The Hall–Kier alpha value is -2.76. The van der Waals surface area contributed by atoms with E-state index in [1.54, 1.807) is 16.8 Å². The molecule has 0 radical (unpaired) electrons. The van der Waals surface area contributed by atoms with Gasteiger partial charge in [0.15, 0.2) is 0 Å². The Morgan fingerprint density at radius 3 is 2.76 bits per heavy atom. The Bertz CT molecular complexity index is 843. The van der Waals surface area contributed by atoms with Gasteiger partial charge in [0.2, 0.25) is 0 Å². The molecule has 0 spiro atoms. The second-order valence-electron chi connectivity index (χ2n) is 5.15. The van der Waals surface area contributed by atoms with Crippen LogP contribution in [0.15, 0.2) is 24.3 Å². The predicted octanol–water partition coefficient (Wildman–Crippen LogP) is 2.35. The van der Waals surface area contributed by atoms with Crippen LogP contribution < -0.4 is 11.1 Å². The van der Waals surface area contributed by atoms with Gasteiger partial charge < -0.3 is 16.0 Å². The first kappa shape index (κ1) is 13.2. The number of anilines is 2. The van der Waals surface area contributed by atoms with E-state index in [2.05, 4.69) is 15.4 Å². The van der Waals surface area contributed by atoms with E-state index >= 15 is 0 Å². The van der Waals surface area contributed by atoms with Crippen molar-refractivity contribution in [2.75, 3.05) is 11.1 Å². The van der Waals surface area contributed by atoms with Crippen molar-refractivity contribution in [3.05, 3.63) is 41.3 Å². The number of amides is 1. The van der Waals surface area contributed by atoms with Crippen molar-refractivity contribution in [1.29, 1.82) is 0 Å². The first-order valence-electron chi connectivity index (χ1n) is 6.65. The molecular formula is C15H17N5O. The van der Waals surface area contributed by atoms with E-state index < -0.39 is 0 Å². The zero-order valence-electron chi connectivity index (χ0n) is 12.2. The topological polar surface area (TPSA) is 88.7 Å². The van der Waals surface area contributed by atoms with Gasteiger partial charge in [-0.15, -0.1) is 0 Å². The fraction of sp³-hybridized carbons (Fsp3) is 0.200. The lowest BCUT2D eigenvalue weighted by atomic mass is 10.2. The van der Waals surface area contributed by atoms with Crippen molar-refractivity contribution in [3.63, 3.8) is 0 Å². The number of nitrogens with zero attached hydrogens (tertiary/aromatic N) is 2. The lowest BCUT2D eigenvalue weighted by Gasteiger charge is -2.03. The van der Waals surface area contributed by atoms with Crippen LogP contribution in [0.25, 0.3) is 10.9 Å². The van der Waals surface area contributed by atoms with Crippen LogP contribution in [-0.4, -0.2) is 20.7 Å². The summed E-state index contributed by atoms with van der Waals surface area (Å²) in [5, 5.41) is 8.11. The molecule has 3 aromatic rings. The molecule has 0 unspecified atom stereocenters. The molecule has 0 aliphatic rings. The average Bonchev–Trinajstić information content (AvgIpc) is 2.95. The maximum atomic E-state index is 12.4. The quantitative estimate of drug-likeness (QED) is 0.631. The summed E-state index contributed by atoms with van der Waals surface area (Å²) in [6.45, 7) is 3.79. The number of hydrogen-bond acceptors (Lipinski definition) is 3. The van der Waals surface area contributed by atoms with E-state index in [0.29, 0.717) is 11.4 Å². The van der Waals surface area contributed by atoms with Crippen LogP contribution in [0.5, 0.6) is 0 Å². The van der Waals surface area contributed by atoms with Gasteiger partial charge in [-0.2, -0.15) is 5.10 Å². The third-order valence-electron chi connectivity index (χ3n) is 3.64. The molecular weight excluding hydrogens is 266 g/mol. The minimum atomic E-state index is -0.191. The Morgan fingerprint density at radius 1 is 1.33 bits per heavy atom. The van der Waals surface area contributed by atoms with E-state index in [1.165, 1.54) is 0 Å². The molecule has 1 aromatic carbocycles. The molecule has 2 heterocycles.